The van der Waals surface area contributed by atoms with E-state index in [1.54, 1.807) is 22.8 Å². The van der Waals surface area contributed by atoms with Gasteiger partial charge in [-0.25, -0.2) is 0 Å². The van der Waals surface area contributed by atoms with E-state index in [1.165, 1.54) is 12.7 Å². The Bertz CT molecular complexity index is 874. The molecular formula is C18H17ClN4O2. The number of nitrogens with zero attached hydrogens (tertiary/aromatic N) is 3. The quantitative estimate of drug-likeness (QED) is 0.759. The van der Waals surface area contributed by atoms with Crippen LogP contribution in [0.1, 0.15) is 11.1 Å². The molecule has 0 atom stereocenters. The number of rotatable bonds is 5. The third kappa shape index (κ3) is 3.97. The predicted octanol–water partition coefficient (Wildman–Crippen LogP) is 3.56. The smallest absolute Gasteiger partial charge is 0.262 e. The van der Waals surface area contributed by atoms with E-state index in [0.29, 0.717) is 16.5 Å². The fraction of sp³-hybridized carbons (Fsp3) is 0.167. The van der Waals surface area contributed by atoms with Crippen molar-refractivity contribution in [3.8, 4) is 11.4 Å². The van der Waals surface area contributed by atoms with Crippen molar-refractivity contribution in [2.75, 3.05) is 11.9 Å². The van der Waals surface area contributed by atoms with Crippen molar-refractivity contribution >= 4 is 23.2 Å². The largest absolute Gasteiger partial charge is 0.482 e. The highest BCUT2D eigenvalue weighted by Crippen LogP contribution is 2.26. The van der Waals surface area contributed by atoms with Gasteiger partial charge in [0.1, 0.15) is 18.4 Å². The second-order valence-corrected chi connectivity index (χ2v) is 6.02. The predicted molar refractivity (Wildman–Crippen MR) is 96.4 cm³/mol. The standard InChI is InChI=1S/C18H17ClN4O2/c1-12-4-3-5-13(2)18(12)22-17(24)9-25-16-7-6-14(19)8-15(16)23-10-20-21-11-23/h3-8,10-11H,9H2,1-2H3,(H,22,24). The summed E-state index contributed by atoms with van der Waals surface area (Å²) in [6.45, 7) is 3.78. The maximum Gasteiger partial charge on any atom is 0.262 e. The Labute approximate surface area is 150 Å². The molecule has 0 saturated heterocycles. The summed E-state index contributed by atoms with van der Waals surface area (Å²) in [5.74, 6) is 0.280. The maximum atomic E-state index is 12.3. The number of carbonyl (C=O) groups excluding carboxylic acids is 1. The number of nitrogens with one attached hydrogen (secondary N) is 1. The van der Waals surface area contributed by atoms with Crippen LogP contribution in [-0.2, 0) is 4.79 Å². The van der Waals surface area contributed by atoms with Gasteiger partial charge >= 0.3 is 0 Å². The van der Waals surface area contributed by atoms with Gasteiger partial charge in [0.15, 0.2) is 6.61 Å². The van der Waals surface area contributed by atoms with Gasteiger partial charge in [-0.2, -0.15) is 0 Å². The Kier molecular flexibility index (Phi) is 5.00. The summed E-state index contributed by atoms with van der Waals surface area (Å²) in [5, 5.41) is 11.0. The number of aryl methyl sites for hydroxylation is 2. The molecule has 0 spiro atoms. The van der Waals surface area contributed by atoms with Crippen molar-refractivity contribution in [3.63, 3.8) is 0 Å². The van der Waals surface area contributed by atoms with Crippen molar-refractivity contribution in [1.29, 1.82) is 0 Å². The number of hydrogen-bond donors (Lipinski definition) is 1. The van der Waals surface area contributed by atoms with E-state index in [9.17, 15) is 4.79 Å². The van der Waals surface area contributed by atoms with Crippen molar-refractivity contribution in [3.05, 3.63) is 65.2 Å². The molecule has 0 unspecified atom stereocenters. The van der Waals surface area contributed by atoms with Gasteiger partial charge in [-0.05, 0) is 43.2 Å². The van der Waals surface area contributed by atoms with Crippen molar-refractivity contribution < 1.29 is 9.53 Å². The second kappa shape index (κ2) is 7.36. The Morgan fingerprint density at radius 3 is 2.52 bits per heavy atom. The summed E-state index contributed by atoms with van der Waals surface area (Å²) in [7, 11) is 0. The van der Waals surface area contributed by atoms with Crippen LogP contribution in [-0.4, -0.2) is 27.3 Å². The molecule has 0 radical (unpaired) electrons. The number of ether oxygens (including phenoxy) is 1. The van der Waals surface area contributed by atoms with E-state index in [1.807, 2.05) is 32.0 Å². The van der Waals surface area contributed by atoms with E-state index in [2.05, 4.69) is 15.5 Å². The summed E-state index contributed by atoms with van der Waals surface area (Å²) < 4.78 is 7.35. The van der Waals surface area contributed by atoms with Crippen LogP contribution in [0.5, 0.6) is 5.75 Å². The number of amides is 1. The number of para-hydroxylation sites is 1. The zero-order chi connectivity index (χ0) is 17.8. The van der Waals surface area contributed by atoms with E-state index in [-0.39, 0.29) is 12.5 Å². The van der Waals surface area contributed by atoms with Gasteiger partial charge in [0.2, 0.25) is 0 Å². The van der Waals surface area contributed by atoms with Crippen molar-refractivity contribution in [2.24, 2.45) is 0 Å². The Morgan fingerprint density at radius 1 is 1.16 bits per heavy atom. The third-order valence-electron chi connectivity index (χ3n) is 3.72. The molecule has 6 nitrogen and oxygen atoms in total. The molecule has 2 aromatic carbocycles. The average Bonchev–Trinajstić information content (AvgIpc) is 3.11. The first-order valence-electron chi connectivity index (χ1n) is 7.68. The average molecular weight is 357 g/mol. The number of aromatic nitrogens is 3. The zero-order valence-corrected chi connectivity index (χ0v) is 14.6. The molecule has 0 aliphatic rings. The van der Waals surface area contributed by atoms with Gasteiger partial charge in [0, 0.05) is 10.7 Å². The Balaban J connectivity index is 1.73. The van der Waals surface area contributed by atoms with Gasteiger partial charge < -0.3 is 10.1 Å². The lowest BCUT2D eigenvalue weighted by Crippen LogP contribution is -2.21. The van der Waals surface area contributed by atoms with Gasteiger partial charge in [0.25, 0.3) is 5.91 Å². The molecule has 0 saturated carbocycles. The van der Waals surface area contributed by atoms with Crippen LogP contribution in [0.3, 0.4) is 0 Å². The van der Waals surface area contributed by atoms with E-state index >= 15 is 0 Å². The van der Waals surface area contributed by atoms with Gasteiger partial charge in [-0.15, -0.1) is 10.2 Å². The van der Waals surface area contributed by atoms with Gasteiger partial charge in [-0.1, -0.05) is 29.8 Å². The number of hydrogen-bond acceptors (Lipinski definition) is 4. The van der Waals surface area contributed by atoms with Crippen LogP contribution < -0.4 is 10.1 Å². The number of halogens is 1. The number of carbonyl (C=O) groups is 1. The van der Waals surface area contributed by atoms with Crippen LogP contribution in [0.2, 0.25) is 5.02 Å². The number of benzene rings is 2. The molecule has 3 aromatic rings. The molecule has 0 aliphatic heterocycles. The first kappa shape index (κ1) is 17.0. The number of anilines is 1. The minimum absolute atomic E-state index is 0.121. The second-order valence-electron chi connectivity index (χ2n) is 5.58. The van der Waals surface area contributed by atoms with Crippen LogP contribution in [0, 0.1) is 13.8 Å². The summed E-state index contributed by atoms with van der Waals surface area (Å²) >= 11 is 6.05. The fourth-order valence-electron chi connectivity index (χ4n) is 2.47. The first-order chi connectivity index (χ1) is 12.0. The lowest BCUT2D eigenvalue weighted by Gasteiger charge is -2.14. The molecule has 1 heterocycles. The molecule has 3 rings (SSSR count). The summed E-state index contributed by atoms with van der Waals surface area (Å²) in [4.78, 5) is 12.3. The zero-order valence-electron chi connectivity index (χ0n) is 13.9. The SMILES string of the molecule is Cc1cccc(C)c1NC(=O)COc1ccc(Cl)cc1-n1cnnc1. The highest BCUT2D eigenvalue weighted by molar-refractivity contribution is 6.30. The topological polar surface area (TPSA) is 69.0 Å². The van der Waals surface area contributed by atoms with Crippen LogP contribution in [0.25, 0.3) is 5.69 Å². The lowest BCUT2D eigenvalue weighted by molar-refractivity contribution is -0.118. The maximum absolute atomic E-state index is 12.3. The van der Waals surface area contributed by atoms with Crippen LogP contribution in [0.15, 0.2) is 49.1 Å². The van der Waals surface area contributed by atoms with Gasteiger partial charge in [-0.3, -0.25) is 9.36 Å². The van der Waals surface area contributed by atoms with Crippen molar-refractivity contribution in [2.45, 2.75) is 13.8 Å². The summed E-state index contributed by atoms with van der Waals surface area (Å²) in [6.07, 6.45) is 3.07. The Morgan fingerprint density at radius 2 is 1.84 bits per heavy atom. The summed E-state index contributed by atoms with van der Waals surface area (Å²) in [5.41, 5.74) is 3.48. The lowest BCUT2D eigenvalue weighted by atomic mass is 10.1. The third-order valence-corrected chi connectivity index (χ3v) is 3.96. The van der Waals surface area contributed by atoms with E-state index in [4.69, 9.17) is 16.3 Å². The monoisotopic (exact) mass is 356 g/mol. The highest BCUT2D eigenvalue weighted by atomic mass is 35.5. The molecule has 7 heteroatoms. The molecule has 1 N–H and O–H groups in total. The molecule has 1 amide bonds. The molecule has 128 valence electrons. The normalized spacial score (nSPS) is 10.5. The van der Waals surface area contributed by atoms with Crippen LogP contribution in [0.4, 0.5) is 5.69 Å². The Hall–Kier alpha value is -2.86. The van der Waals surface area contributed by atoms with E-state index in [0.717, 1.165) is 16.8 Å². The molecule has 0 fully saturated rings. The molecule has 0 aliphatic carbocycles. The van der Waals surface area contributed by atoms with Crippen LogP contribution >= 0.6 is 11.6 Å². The molecule has 25 heavy (non-hydrogen) atoms. The first-order valence-corrected chi connectivity index (χ1v) is 8.06. The molecule has 1 aromatic heterocycles. The summed E-state index contributed by atoms with van der Waals surface area (Å²) in [6, 6.07) is 11.0. The fourth-order valence-corrected chi connectivity index (χ4v) is 2.64. The van der Waals surface area contributed by atoms with E-state index < -0.39 is 0 Å². The van der Waals surface area contributed by atoms with Crippen molar-refractivity contribution in [1.82, 2.24) is 14.8 Å². The minimum Gasteiger partial charge on any atom is -0.482 e. The molecular weight excluding hydrogens is 340 g/mol. The van der Waals surface area contributed by atoms with Gasteiger partial charge in [0.05, 0.1) is 5.69 Å². The molecule has 0 bridgehead atoms. The minimum atomic E-state index is -0.234. The highest BCUT2D eigenvalue weighted by Gasteiger charge is 2.11.